The Bertz CT molecular complexity index is 1130. The zero-order chi connectivity index (χ0) is 18.6. The van der Waals surface area contributed by atoms with E-state index in [1.54, 1.807) is 6.20 Å². The van der Waals surface area contributed by atoms with Gasteiger partial charge in [-0.25, -0.2) is 4.57 Å². The summed E-state index contributed by atoms with van der Waals surface area (Å²) in [7, 11) is 1.87. The molecule has 3 nitrogen and oxygen atoms in total. The fraction of sp³-hybridized carbons (Fsp3) is 0.211. The Kier molecular flexibility index (Phi) is 2.42. The Morgan fingerprint density at radius 2 is 2.09 bits per heavy atom. The first-order valence-corrected chi connectivity index (χ1v) is 7.76. The number of nitrogens with zero attached hydrogens (tertiary/aromatic N) is 2. The van der Waals surface area contributed by atoms with Crippen LogP contribution in [0.3, 0.4) is 0 Å². The van der Waals surface area contributed by atoms with E-state index in [1.165, 1.54) is 0 Å². The van der Waals surface area contributed by atoms with Crippen LogP contribution in [0.1, 0.15) is 15.2 Å². The largest absolute Gasteiger partial charge is 0.452 e. The number of furan rings is 1. The normalized spacial score (nSPS) is 16.2. The van der Waals surface area contributed by atoms with Crippen molar-refractivity contribution >= 4 is 35.8 Å². The molecule has 4 rings (SSSR count). The van der Waals surface area contributed by atoms with Crippen molar-refractivity contribution < 1.29 is 13.1 Å². The van der Waals surface area contributed by atoms with Gasteiger partial charge < -0.3 is 4.42 Å². The minimum absolute atomic E-state index is 0.118. The Morgan fingerprint density at radius 1 is 1.26 bits per heavy atom. The fourth-order valence-electron chi connectivity index (χ4n) is 3.18. The molecule has 114 valence electrons. The third-order valence-electron chi connectivity index (χ3n) is 4.48. The molecule has 0 bridgehead atoms. The summed E-state index contributed by atoms with van der Waals surface area (Å²) in [4.78, 5) is 2.11. The predicted octanol–water partition coefficient (Wildman–Crippen LogP) is 2.07. The van der Waals surface area contributed by atoms with E-state index in [0.29, 0.717) is 5.56 Å². The second-order valence-electron chi connectivity index (χ2n) is 6.16. The van der Waals surface area contributed by atoms with Crippen LogP contribution in [-0.4, -0.2) is 6.85 Å². The standard InChI is InChI=1S/C19H20BN2O/c1-13-9-19(21(4)11-14(13)2)22-12-18-16(10-20(22)3)15-7-5-6-8-17(15)23-18/h5-12H,1-4H3/q+1/i2D3. The average Bonchev–Trinajstić information content (AvgIpc) is 2.92. The van der Waals surface area contributed by atoms with E-state index in [4.69, 9.17) is 8.53 Å². The maximum atomic E-state index is 7.70. The zero-order valence-electron chi connectivity index (χ0n) is 16.5. The number of hydrogen-bond donors (Lipinski definition) is 0. The molecule has 1 aliphatic heterocycles. The van der Waals surface area contributed by atoms with Gasteiger partial charge in [0.15, 0.2) is 5.42 Å². The van der Waals surface area contributed by atoms with E-state index < -0.39 is 6.85 Å². The third-order valence-corrected chi connectivity index (χ3v) is 4.48. The smallest absolute Gasteiger partial charge is 0.402 e. The summed E-state index contributed by atoms with van der Waals surface area (Å²) in [5.74, 6) is 3.11. The monoisotopic (exact) mass is 306 g/mol. The minimum atomic E-state index is -2.12. The molecule has 0 aliphatic carbocycles. The topological polar surface area (TPSA) is 20.3 Å². The molecule has 0 fully saturated rings. The summed E-state index contributed by atoms with van der Waals surface area (Å²) >= 11 is 0. The molecule has 4 heteroatoms. The Morgan fingerprint density at radius 3 is 2.91 bits per heavy atom. The average molecular weight is 306 g/mol. The van der Waals surface area contributed by atoms with E-state index in [2.05, 4.69) is 23.7 Å². The molecule has 0 unspecified atom stereocenters. The van der Waals surface area contributed by atoms with Gasteiger partial charge in [0, 0.05) is 20.8 Å². The van der Waals surface area contributed by atoms with Crippen molar-refractivity contribution in [3.63, 3.8) is 0 Å². The van der Waals surface area contributed by atoms with Gasteiger partial charge in [0.2, 0.25) is 0 Å². The Labute approximate surface area is 140 Å². The molecule has 0 amide bonds. The summed E-state index contributed by atoms with van der Waals surface area (Å²) < 4.78 is 31.0. The van der Waals surface area contributed by atoms with Gasteiger partial charge in [0.25, 0.3) is 5.82 Å². The van der Waals surface area contributed by atoms with E-state index in [1.807, 2.05) is 49.0 Å². The first-order chi connectivity index (χ1) is 12.3. The van der Waals surface area contributed by atoms with Gasteiger partial charge >= 0.3 is 6.85 Å². The van der Waals surface area contributed by atoms with Crippen LogP contribution < -0.4 is 20.0 Å². The van der Waals surface area contributed by atoms with Gasteiger partial charge in [0.1, 0.15) is 11.8 Å². The SMILES string of the molecule is [2H]C([2H])([2H])c1c[n+](C)c(N2C=c3oc4ccccc4c3=CB2C)cc1C. The molecule has 0 spiro atoms. The highest BCUT2D eigenvalue weighted by Crippen LogP contribution is 2.18. The van der Waals surface area contributed by atoms with Gasteiger partial charge in [-0.2, -0.15) is 0 Å². The molecule has 0 radical (unpaired) electrons. The van der Waals surface area contributed by atoms with Gasteiger partial charge in [-0.05, 0) is 37.8 Å². The summed E-state index contributed by atoms with van der Waals surface area (Å²) in [6, 6.07) is 9.95. The van der Waals surface area contributed by atoms with Crippen molar-refractivity contribution in [3.05, 3.63) is 58.3 Å². The maximum Gasteiger partial charge on any atom is 0.402 e. The van der Waals surface area contributed by atoms with Crippen LogP contribution in [0.4, 0.5) is 5.82 Å². The van der Waals surface area contributed by atoms with Crippen LogP contribution in [0.5, 0.6) is 0 Å². The number of benzene rings is 1. The highest BCUT2D eigenvalue weighted by atomic mass is 16.3. The van der Waals surface area contributed by atoms with E-state index in [-0.39, 0.29) is 6.85 Å². The van der Waals surface area contributed by atoms with Crippen LogP contribution in [0, 0.1) is 13.8 Å². The highest BCUT2D eigenvalue weighted by Gasteiger charge is 2.29. The molecule has 1 aromatic carbocycles. The molecule has 0 saturated heterocycles. The first-order valence-electron chi connectivity index (χ1n) is 9.26. The second-order valence-corrected chi connectivity index (χ2v) is 6.16. The van der Waals surface area contributed by atoms with Gasteiger partial charge in [-0.1, -0.05) is 24.2 Å². The summed E-state index contributed by atoms with van der Waals surface area (Å²) in [5.41, 5.74) is 2.83. The predicted molar refractivity (Wildman–Crippen MR) is 95.6 cm³/mol. The molecule has 3 aromatic rings. The van der Waals surface area contributed by atoms with E-state index in [9.17, 15) is 0 Å². The lowest BCUT2D eigenvalue weighted by Gasteiger charge is -2.19. The van der Waals surface area contributed by atoms with Crippen LogP contribution in [0.25, 0.3) is 23.1 Å². The Hall–Kier alpha value is -2.49. The number of anilines is 1. The van der Waals surface area contributed by atoms with E-state index in [0.717, 1.165) is 33.0 Å². The van der Waals surface area contributed by atoms with Crippen molar-refractivity contribution in [1.29, 1.82) is 0 Å². The lowest BCUT2D eigenvalue weighted by molar-refractivity contribution is -0.658. The number of pyridine rings is 1. The van der Waals surface area contributed by atoms with Crippen molar-refractivity contribution in [1.82, 2.24) is 0 Å². The number of hydrogen-bond acceptors (Lipinski definition) is 2. The van der Waals surface area contributed by atoms with Crippen molar-refractivity contribution in [2.24, 2.45) is 7.05 Å². The molecule has 2 aromatic heterocycles. The highest BCUT2D eigenvalue weighted by molar-refractivity contribution is 6.77. The maximum absolute atomic E-state index is 7.70. The number of aromatic nitrogens is 1. The number of rotatable bonds is 1. The summed E-state index contributed by atoms with van der Waals surface area (Å²) in [5, 5.41) is 2.23. The molecule has 23 heavy (non-hydrogen) atoms. The van der Waals surface area contributed by atoms with E-state index >= 15 is 0 Å². The molecule has 1 aliphatic rings. The lowest BCUT2D eigenvalue weighted by Crippen LogP contribution is -2.47. The molecule has 0 saturated carbocycles. The van der Waals surface area contributed by atoms with Crippen molar-refractivity contribution in [2.75, 3.05) is 4.81 Å². The molecular formula is C19H20BN2O+. The van der Waals surface area contributed by atoms with Crippen LogP contribution in [0.15, 0.2) is 40.9 Å². The molecule has 0 N–H and O–H groups in total. The van der Waals surface area contributed by atoms with Crippen molar-refractivity contribution in [3.8, 4) is 0 Å². The quantitative estimate of drug-likeness (QED) is 0.507. The molecule has 3 heterocycles. The van der Waals surface area contributed by atoms with Gasteiger partial charge in [-0.15, -0.1) is 0 Å². The van der Waals surface area contributed by atoms with Crippen LogP contribution in [0.2, 0.25) is 6.82 Å². The third kappa shape index (κ3) is 2.17. The minimum Gasteiger partial charge on any atom is -0.452 e. The van der Waals surface area contributed by atoms with Gasteiger partial charge in [0.05, 0.1) is 13.2 Å². The second kappa shape index (κ2) is 5.02. The fourth-order valence-corrected chi connectivity index (χ4v) is 3.18. The Balaban J connectivity index is 1.88. The molecular weight excluding hydrogens is 283 g/mol. The van der Waals surface area contributed by atoms with Gasteiger partial charge in [-0.3, -0.25) is 4.81 Å². The summed E-state index contributed by atoms with van der Waals surface area (Å²) in [6.07, 6.45) is 3.70. The first kappa shape index (κ1) is 11.1. The van der Waals surface area contributed by atoms with Crippen LogP contribution >= 0.6 is 0 Å². The lowest BCUT2D eigenvalue weighted by atomic mass is 9.61. The number of para-hydroxylation sites is 1. The van der Waals surface area contributed by atoms with Crippen LogP contribution in [-0.2, 0) is 7.05 Å². The summed E-state index contributed by atoms with van der Waals surface area (Å²) in [6.45, 7) is 1.97. The number of aryl methyl sites for hydroxylation is 3. The zero-order valence-corrected chi connectivity index (χ0v) is 13.5. The number of fused-ring (bicyclic) bond motifs is 3. The van der Waals surface area contributed by atoms with Crippen molar-refractivity contribution in [2.45, 2.75) is 20.6 Å². The molecule has 0 atom stereocenters.